The van der Waals surface area contributed by atoms with E-state index in [4.69, 9.17) is 0 Å². The van der Waals surface area contributed by atoms with Gasteiger partial charge in [-0.3, -0.25) is 19.3 Å². The summed E-state index contributed by atoms with van der Waals surface area (Å²) < 4.78 is 38.6. The molecule has 0 aliphatic carbocycles. The highest BCUT2D eigenvalue weighted by atomic mass is 32.2. The Morgan fingerprint density at radius 3 is 2.03 bits per heavy atom. The number of rotatable bonds is 5. The smallest absolute Gasteiger partial charge is 0.261 e. The number of nitrogens with zero attached hydrogens (tertiary/aromatic N) is 2. The number of benzene rings is 2. The third kappa shape index (κ3) is 3.97. The van der Waals surface area contributed by atoms with Gasteiger partial charge in [-0.25, -0.2) is 12.8 Å². The van der Waals surface area contributed by atoms with Crippen LogP contribution in [0.3, 0.4) is 0 Å². The van der Waals surface area contributed by atoms with Gasteiger partial charge in [0.1, 0.15) is 5.82 Å². The van der Waals surface area contributed by atoms with E-state index in [-0.39, 0.29) is 49.7 Å². The first-order chi connectivity index (χ1) is 14.8. The summed E-state index contributed by atoms with van der Waals surface area (Å²) in [7, 11) is -3.60. The van der Waals surface area contributed by atoms with E-state index in [1.165, 1.54) is 12.1 Å². The standard InChI is InChI=1S/C22H21FN2O5S/c23-15-5-7-16(8-6-15)31(29,30)17-9-12-24(13-10-17)20(26)11-14-25-21(27)18-3-1-2-4-19(18)22(25)28/h1-8,17H,9-14H2. The predicted molar refractivity (Wildman–Crippen MR) is 110 cm³/mol. The molecule has 9 heteroatoms. The maximum absolute atomic E-state index is 13.1. The minimum atomic E-state index is -3.60. The molecule has 0 N–H and O–H groups in total. The molecule has 0 spiro atoms. The van der Waals surface area contributed by atoms with Gasteiger partial charge in [-0.05, 0) is 49.2 Å². The van der Waals surface area contributed by atoms with Crippen LogP contribution < -0.4 is 0 Å². The minimum absolute atomic E-state index is 0.0130. The molecule has 0 aromatic heterocycles. The lowest BCUT2D eigenvalue weighted by Gasteiger charge is -2.32. The molecule has 1 saturated heterocycles. The van der Waals surface area contributed by atoms with Gasteiger partial charge in [-0.2, -0.15) is 0 Å². The van der Waals surface area contributed by atoms with Gasteiger partial charge in [0.15, 0.2) is 9.84 Å². The Morgan fingerprint density at radius 1 is 0.935 bits per heavy atom. The van der Waals surface area contributed by atoms with Crippen LogP contribution in [0.2, 0.25) is 0 Å². The fraction of sp³-hybridized carbons (Fsp3) is 0.318. The molecule has 0 atom stereocenters. The number of hydrogen-bond acceptors (Lipinski definition) is 5. The van der Waals surface area contributed by atoms with Gasteiger partial charge in [0.25, 0.3) is 11.8 Å². The minimum Gasteiger partial charge on any atom is -0.343 e. The van der Waals surface area contributed by atoms with Crippen LogP contribution in [0.1, 0.15) is 40.0 Å². The molecule has 3 amide bonds. The van der Waals surface area contributed by atoms with Crippen molar-refractivity contribution in [3.8, 4) is 0 Å². The molecule has 0 unspecified atom stereocenters. The van der Waals surface area contributed by atoms with E-state index in [1.807, 2.05) is 0 Å². The van der Waals surface area contributed by atoms with Crippen molar-refractivity contribution in [3.63, 3.8) is 0 Å². The van der Waals surface area contributed by atoms with E-state index in [0.717, 1.165) is 17.0 Å². The molecule has 2 aliphatic rings. The lowest BCUT2D eigenvalue weighted by atomic mass is 10.1. The van der Waals surface area contributed by atoms with E-state index in [2.05, 4.69) is 0 Å². The van der Waals surface area contributed by atoms with Gasteiger partial charge in [0.2, 0.25) is 5.91 Å². The second-order valence-electron chi connectivity index (χ2n) is 7.64. The summed E-state index contributed by atoms with van der Waals surface area (Å²) in [6, 6.07) is 11.3. The summed E-state index contributed by atoms with van der Waals surface area (Å²) in [6.45, 7) is 0.525. The van der Waals surface area contributed by atoms with Gasteiger partial charge in [0.05, 0.1) is 21.3 Å². The van der Waals surface area contributed by atoms with Crippen molar-refractivity contribution in [2.24, 2.45) is 0 Å². The molecule has 0 radical (unpaired) electrons. The second kappa shape index (κ2) is 8.22. The highest BCUT2D eigenvalue weighted by molar-refractivity contribution is 7.92. The average Bonchev–Trinajstić information content (AvgIpc) is 3.02. The number of carbonyl (C=O) groups is 3. The van der Waals surface area contributed by atoms with Crippen LogP contribution in [0.25, 0.3) is 0 Å². The monoisotopic (exact) mass is 444 g/mol. The van der Waals surface area contributed by atoms with Crippen LogP contribution in [0.4, 0.5) is 4.39 Å². The van der Waals surface area contributed by atoms with E-state index in [9.17, 15) is 27.2 Å². The maximum Gasteiger partial charge on any atom is 0.261 e. The molecule has 0 saturated carbocycles. The van der Waals surface area contributed by atoms with Crippen LogP contribution in [0.5, 0.6) is 0 Å². The van der Waals surface area contributed by atoms with E-state index in [0.29, 0.717) is 11.1 Å². The summed E-state index contributed by atoms with van der Waals surface area (Å²) >= 11 is 0. The fourth-order valence-corrected chi connectivity index (χ4v) is 5.77. The summed E-state index contributed by atoms with van der Waals surface area (Å²) in [5, 5.41) is -0.641. The number of piperidine rings is 1. The molecule has 4 rings (SSSR count). The first-order valence-electron chi connectivity index (χ1n) is 10.0. The van der Waals surface area contributed by atoms with Crippen LogP contribution in [-0.4, -0.2) is 60.8 Å². The Morgan fingerprint density at radius 2 is 1.48 bits per heavy atom. The molecule has 2 aromatic rings. The van der Waals surface area contributed by atoms with Gasteiger partial charge in [0, 0.05) is 26.1 Å². The Hall–Kier alpha value is -3.07. The first-order valence-corrected chi connectivity index (χ1v) is 11.6. The molecular formula is C22H21FN2O5S. The van der Waals surface area contributed by atoms with Crippen molar-refractivity contribution in [2.45, 2.75) is 29.4 Å². The number of amides is 3. The number of likely N-dealkylation sites (tertiary alicyclic amines) is 1. The van der Waals surface area contributed by atoms with Gasteiger partial charge < -0.3 is 4.90 Å². The van der Waals surface area contributed by atoms with Crippen LogP contribution in [0.15, 0.2) is 53.4 Å². The molecule has 2 aromatic carbocycles. The normalized spacial score (nSPS) is 17.2. The zero-order valence-electron chi connectivity index (χ0n) is 16.7. The lowest BCUT2D eigenvalue weighted by molar-refractivity contribution is -0.132. The number of sulfone groups is 1. The number of hydrogen-bond donors (Lipinski definition) is 0. The van der Waals surface area contributed by atoms with Crippen molar-refractivity contribution >= 4 is 27.6 Å². The van der Waals surface area contributed by atoms with Crippen molar-refractivity contribution in [1.82, 2.24) is 9.80 Å². The largest absolute Gasteiger partial charge is 0.343 e. The highest BCUT2D eigenvalue weighted by Crippen LogP contribution is 2.26. The summed E-state index contributed by atoms with van der Waals surface area (Å²) in [5.74, 6) is -1.54. The summed E-state index contributed by atoms with van der Waals surface area (Å²) in [5.41, 5.74) is 0.679. The van der Waals surface area contributed by atoms with E-state index < -0.39 is 32.7 Å². The third-order valence-electron chi connectivity index (χ3n) is 5.80. The Kier molecular flexibility index (Phi) is 5.62. The molecule has 2 heterocycles. The third-order valence-corrected chi connectivity index (χ3v) is 8.08. The zero-order valence-corrected chi connectivity index (χ0v) is 17.5. The average molecular weight is 444 g/mol. The molecule has 2 aliphatic heterocycles. The molecule has 0 bridgehead atoms. The molecular weight excluding hydrogens is 423 g/mol. The Labute approximate surface area is 179 Å². The second-order valence-corrected chi connectivity index (χ2v) is 9.86. The fourth-order valence-electron chi connectivity index (χ4n) is 4.04. The molecule has 7 nitrogen and oxygen atoms in total. The molecule has 31 heavy (non-hydrogen) atoms. The number of imide groups is 1. The lowest BCUT2D eigenvalue weighted by Crippen LogP contribution is -2.43. The van der Waals surface area contributed by atoms with E-state index >= 15 is 0 Å². The Balaban J connectivity index is 1.32. The first kappa shape index (κ1) is 21.2. The van der Waals surface area contributed by atoms with Crippen LogP contribution >= 0.6 is 0 Å². The van der Waals surface area contributed by atoms with Crippen molar-refractivity contribution < 1.29 is 27.2 Å². The quantitative estimate of drug-likeness (QED) is 0.521. The number of carbonyl (C=O) groups excluding carboxylic acids is 3. The van der Waals surface area contributed by atoms with Gasteiger partial charge >= 0.3 is 0 Å². The number of fused-ring (bicyclic) bond motifs is 1. The topological polar surface area (TPSA) is 91.8 Å². The van der Waals surface area contributed by atoms with Crippen molar-refractivity contribution in [2.75, 3.05) is 19.6 Å². The Bertz CT molecular complexity index is 1100. The van der Waals surface area contributed by atoms with Crippen LogP contribution in [0, 0.1) is 5.82 Å². The van der Waals surface area contributed by atoms with Crippen molar-refractivity contribution in [1.29, 1.82) is 0 Å². The highest BCUT2D eigenvalue weighted by Gasteiger charge is 2.36. The SMILES string of the molecule is O=C(CCN1C(=O)c2ccccc2C1=O)N1CCC(S(=O)(=O)c2ccc(F)cc2)CC1. The zero-order chi connectivity index (χ0) is 22.2. The van der Waals surface area contributed by atoms with Gasteiger partial charge in [-0.15, -0.1) is 0 Å². The number of halogens is 1. The van der Waals surface area contributed by atoms with E-state index in [1.54, 1.807) is 29.2 Å². The van der Waals surface area contributed by atoms with Crippen LogP contribution in [-0.2, 0) is 14.6 Å². The maximum atomic E-state index is 13.1. The summed E-state index contributed by atoms with van der Waals surface area (Å²) in [6.07, 6.45) is 0.539. The van der Waals surface area contributed by atoms with Gasteiger partial charge in [-0.1, -0.05) is 12.1 Å². The molecule has 1 fully saturated rings. The molecule has 162 valence electrons. The predicted octanol–water partition coefficient (Wildman–Crippen LogP) is 2.28. The van der Waals surface area contributed by atoms with Crippen molar-refractivity contribution in [3.05, 3.63) is 65.5 Å². The summed E-state index contributed by atoms with van der Waals surface area (Å²) in [4.78, 5) is 40.1.